The first-order valence-corrected chi connectivity index (χ1v) is 5.26. The molecule has 2 amide bonds. The minimum absolute atomic E-state index is 0.299. The minimum atomic E-state index is -1.29. The molecule has 0 rings (SSSR count). The van der Waals surface area contributed by atoms with Crippen LogP contribution in [0.25, 0.3) is 0 Å². The summed E-state index contributed by atoms with van der Waals surface area (Å²) in [6.07, 6.45) is 1.56. The Bertz CT molecular complexity index is 296. The Labute approximate surface area is 101 Å². The molecule has 0 aromatic heterocycles. The molecule has 0 radical (unpaired) electrons. The van der Waals surface area contributed by atoms with E-state index >= 15 is 0 Å². The number of nitrogens with one attached hydrogen (secondary N) is 1. The zero-order valence-corrected chi connectivity index (χ0v) is 10.4. The number of aliphatic carboxylic acids is 1. The summed E-state index contributed by atoms with van der Waals surface area (Å²) in [6, 6.07) is -1.84. The molecule has 6 heteroatoms. The predicted octanol–water partition coefficient (Wildman–Crippen LogP) is 0.428. The lowest BCUT2D eigenvalue weighted by molar-refractivity contribution is -0.140. The van der Waals surface area contributed by atoms with Gasteiger partial charge >= 0.3 is 12.0 Å². The molecule has 0 unspecified atom stereocenters. The summed E-state index contributed by atoms with van der Waals surface area (Å²) in [5.41, 5.74) is -0.462. The maximum absolute atomic E-state index is 11.8. The van der Waals surface area contributed by atoms with Gasteiger partial charge in [0.15, 0.2) is 6.04 Å². The van der Waals surface area contributed by atoms with Crippen molar-refractivity contribution < 1.29 is 19.8 Å². The van der Waals surface area contributed by atoms with E-state index in [9.17, 15) is 9.59 Å². The lowest BCUT2D eigenvalue weighted by Crippen LogP contribution is -2.55. The first kappa shape index (κ1) is 15.4. The van der Waals surface area contributed by atoms with Crippen molar-refractivity contribution in [2.45, 2.75) is 32.4 Å². The molecule has 0 saturated heterocycles. The van der Waals surface area contributed by atoms with E-state index in [1.54, 1.807) is 6.08 Å². The van der Waals surface area contributed by atoms with Gasteiger partial charge in [-0.25, -0.2) is 9.59 Å². The van der Waals surface area contributed by atoms with Crippen molar-refractivity contribution in [1.82, 2.24) is 10.2 Å². The highest BCUT2D eigenvalue weighted by Crippen LogP contribution is 2.13. The van der Waals surface area contributed by atoms with Gasteiger partial charge in [-0.2, -0.15) is 0 Å². The van der Waals surface area contributed by atoms with Crippen molar-refractivity contribution in [3.05, 3.63) is 12.7 Å². The van der Waals surface area contributed by atoms with Crippen LogP contribution in [-0.4, -0.2) is 51.8 Å². The zero-order chi connectivity index (χ0) is 13.6. The largest absolute Gasteiger partial charge is 0.480 e. The van der Waals surface area contributed by atoms with Crippen molar-refractivity contribution in [3.8, 4) is 0 Å². The van der Waals surface area contributed by atoms with Crippen LogP contribution in [0.15, 0.2) is 12.7 Å². The molecule has 0 heterocycles. The van der Waals surface area contributed by atoms with E-state index in [1.807, 2.05) is 20.8 Å². The maximum atomic E-state index is 11.8. The molecular formula is C11H20N2O4. The Morgan fingerprint density at radius 1 is 1.47 bits per heavy atom. The van der Waals surface area contributed by atoms with Crippen molar-refractivity contribution in [3.63, 3.8) is 0 Å². The van der Waals surface area contributed by atoms with Gasteiger partial charge in [0.05, 0.1) is 6.61 Å². The van der Waals surface area contributed by atoms with Crippen molar-refractivity contribution in [2.75, 3.05) is 13.2 Å². The van der Waals surface area contributed by atoms with Crippen LogP contribution in [0, 0.1) is 0 Å². The molecule has 0 fully saturated rings. The summed E-state index contributed by atoms with van der Waals surface area (Å²) in [6.45, 7) is 8.67. The Kier molecular flexibility index (Phi) is 5.67. The molecule has 0 bridgehead atoms. The number of carboxylic acids is 1. The van der Waals surface area contributed by atoms with Gasteiger partial charge in [-0.1, -0.05) is 6.08 Å². The molecule has 0 aliphatic rings. The van der Waals surface area contributed by atoms with Gasteiger partial charge in [-0.3, -0.25) is 0 Å². The third-order valence-corrected chi connectivity index (χ3v) is 2.14. The second-order valence-electron chi connectivity index (χ2n) is 4.59. The third-order valence-electron chi connectivity index (χ3n) is 2.14. The number of rotatable bonds is 5. The highest BCUT2D eigenvalue weighted by Gasteiger charge is 2.28. The molecule has 98 valence electrons. The van der Waals surface area contributed by atoms with E-state index in [0.29, 0.717) is 6.54 Å². The van der Waals surface area contributed by atoms with E-state index < -0.39 is 30.2 Å². The van der Waals surface area contributed by atoms with Crippen LogP contribution in [-0.2, 0) is 4.79 Å². The van der Waals surface area contributed by atoms with Gasteiger partial charge in [-0.05, 0) is 20.8 Å². The number of urea groups is 1. The number of hydrogen-bond donors (Lipinski definition) is 3. The second kappa shape index (κ2) is 6.24. The fourth-order valence-corrected chi connectivity index (χ4v) is 1.20. The molecule has 0 aromatic rings. The Hall–Kier alpha value is -1.56. The van der Waals surface area contributed by atoms with Crippen LogP contribution in [0.1, 0.15) is 20.8 Å². The average Bonchev–Trinajstić information content (AvgIpc) is 2.19. The first-order valence-electron chi connectivity index (χ1n) is 5.26. The second-order valence-corrected chi connectivity index (χ2v) is 4.59. The summed E-state index contributed by atoms with van der Waals surface area (Å²) < 4.78 is 0. The van der Waals surface area contributed by atoms with Gasteiger partial charge in [0.1, 0.15) is 0 Å². The molecule has 0 spiro atoms. The van der Waals surface area contributed by atoms with Gasteiger partial charge in [0, 0.05) is 12.1 Å². The number of amides is 2. The minimum Gasteiger partial charge on any atom is -0.480 e. The molecular weight excluding hydrogens is 224 g/mol. The molecule has 1 atom stereocenters. The summed E-state index contributed by atoms with van der Waals surface area (Å²) in [5, 5.41) is 19.8. The Morgan fingerprint density at radius 3 is 2.29 bits per heavy atom. The molecule has 0 aliphatic carbocycles. The predicted molar refractivity (Wildman–Crippen MR) is 63.7 cm³/mol. The van der Waals surface area contributed by atoms with Crippen molar-refractivity contribution >= 4 is 12.0 Å². The Morgan fingerprint density at radius 2 is 2.00 bits per heavy atom. The van der Waals surface area contributed by atoms with E-state index in [-0.39, 0.29) is 0 Å². The van der Waals surface area contributed by atoms with Crippen LogP contribution in [0.5, 0.6) is 0 Å². The fraction of sp³-hybridized carbons (Fsp3) is 0.636. The number of carbonyl (C=O) groups is 2. The van der Waals surface area contributed by atoms with E-state index in [2.05, 4.69) is 11.9 Å². The van der Waals surface area contributed by atoms with Gasteiger partial charge in [0.25, 0.3) is 0 Å². The van der Waals surface area contributed by atoms with Gasteiger partial charge < -0.3 is 20.4 Å². The summed E-state index contributed by atoms with van der Waals surface area (Å²) in [7, 11) is 0. The summed E-state index contributed by atoms with van der Waals surface area (Å²) in [4.78, 5) is 24.0. The van der Waals surface area contributed by atoms with Crippen molar-refractivity contribution in [2.24, 2.45) is 0 Å². The highest BCUT2D eigenvalue weighted by molar-refractivity contribution is 5.83. The number of aliphatic hydroxyl groups excluding tert-OH is 1. The number of nitrogens with zero attached hydrogens (tertiary/aromatic N) is 1. The van der Waals surface area contributed by atoms with Crippen LogP contribution < -0.4 is 5.32 Å². The standard InChI is InChI=1S/C11H20N2O4/c1-5-6-13(11(2,3)4)10(17)12-8(7-14)9(15)16/h5,8,14H,1,6-7H2,2-4H3,(H,12,17)(H,15,16)/t8-/m1/s1. The number of carbonyl (C=O) groups excluding carboxylic acids is 1. The first-order chi connectivity index (χ1) is 7.73. The fourth-order valence-electron chi connectivity index (χ4n) is 1.20. The molecule has 0 saturated carbocycles. The highest BCUT2D eigenvalue weighted by atomic mass is 16.4. The number of carboxylic acid groups (broad SMARTS) is 1. The van der Waals surface area contributed by atoms with Crippen LogP contribution in [0.4, 0.5) is 4.79 Å². The molecule has 3 N–H and O–H groups in total. The van der Waals surface area contributed by atoms with Crippen molar-refractivity contribution in [1.29, 1.82) is 0 Å². The lowest BCUT2D eigenvalue weighted by atomic mass is 10.1. The average molecular weight is 244 g/mol. The Balaban J connectivity index is 4.74. The van der Waals surface area contributed by atoms with Crippen LogP contribution in [0.3, 0.4) is 0 Å². The zero-order valence-electron chi connectivity index (χ0n) is 10.4. The van der Waals surface area contributed by atoms with Gasteiger partial charge in [0.2, 0.25) is 0 Å². The quantitative estimate of drug-likeness (QED) is 0.612. The van der Waals surface area contributed by atoms with E-state index in [1.165, 1.54) is 4.90 Å². The summed E-state index contributed by atoms with van der Waals surface area (Å²) >= 11 is 0. The lowest BCUT2D eigenvalue weighted by Gasteiger charge is -2.35. The third kappa shape index (κ3) is 4.86. The molecule has 17 heavy (non-hydrogen) atoms. The maximum Gasteiger partial charge on any atom is 0.328 e. The monoisotopic (exact) mass is 244 g/mol. The van der Waals surface area contributed by atoms with Crippen LogP contribution in [0.2, 0.25) is 0 Å². The molecule has 6 nitrogen and oxygen atoms in total. The smallest absolute Gasteiger partial charge is 0.328 e. The topological polar surface area (TPSA) is 89.9 Å². The molecule has 0 aliphatic heterocycles. The van der Waals surface area contributed by atoms with Crippen LogP contribution >= 0.6 is 0 Å². The normalized spacial score (nSPS) is 12.7. The van der Waals surface area contributed by atoms with E-state index in [0.717, 1.165) is 0 Å². The SMILES string of the molecule is C=CCN(C(=O)N[C@H](CO)C(=O)O)C(C)(C)C. The number of hydrogen-bond acceptors (Lipinski definition) is 3. The summed E-state index contributed by atoms with van der Waals surface area (Å²) in [5.74, 6) is -1.27. The van der Waals surface area contributed by atoms with E-state index in [4.69, 9.17) is 10.2 Å². The molecule has 0 aromatic carbocycles. The van der Waals surface area contributed by atoms with Gasteiger partial charge in [-0.15, -0.1) is 6.58 Å². The number of aliphatic hydroxyl groups is 1.